The first-order valence-corrected chi connectivity index (χ1v) is 7.64. The predicted molar refractivity (Wildman–Crippen MR) is 88.6 cm³/mol. The van der Waals surface area contributed by atoms with Gasteiger partial charge in [0, 0.05) is 19.3 Å². The van der Waals surface area contributed by atoms with Crippen molar-refractivity contribution >= 4 is 17.5 Å². The number of hydrogen-bond donors (Lipinski definition) is 2. The molecule has 0 radical (unpaired) electrons. The maximum atomic E-state index is 12.4. The standard InChI is InChI=1S/C17H20ClNO4/c1-17(9-10-20,11-22-2)19-16(21)15-8-7-14(23-15)12-5-3-4-6-13(12)18/h3-8,20H,9-11H2,1-2H3,(H,19,21). The average Bonchev–Trinajstić information content (AvgIpc) is 2.97. The Morgan fingerprint density at radius 2 is 2.09 bits per heavy atom. The number of halogens is 1. The maximum absolute atomic E-state index is 12.4. The molecule has 2 aromatic rings. The Hall–Kier alpha value is -1.82. The molecule has 0 bridgehead atoms. The van der Waals surface area contributed by atoms with Gasteiger partial charge >= 0.3 is 0 Å². The van der Waals surface area contributed by atoms with Crippen LogP contribution in [0, 0.1) is 0 Å². The Bertz CT molecular complexity index is 662. The number of aliphatic hydroxyl groups excluding tert-OH is 1. The Morgan fingerprint density at radius 3 is 2.74 bits per heavy atom. The van der Waals surface area contributed by atoms with Crippen molar-refractivity contribution in [3.63, 3.8) is 0 Å². The third-order valence-electron chi connectivity index (χ3n) is 3.51. The van der Waals surface area contributed by atoms with Crippen molar-refractivity contribution < 1.29 is 19.1 Å². The number of aliphatic hydroxyl groups is 1. The molecular weight excluding hydrogens is 318 g/mol. The Labute approximate surface area is 140 Å². The summed E-state index contributed by atoms with van der Waals surface area (Å²) in [6, 6.07) is 10.6. The second-order valence-electron chi connectivity index (χ2n) is 5.57. The number of hydrogen-bond acceptors (Lipinski definition) is 4. The first-order chi connectivity index (χ1) is 11.0. The fourth-order valence-electron chi connectivity index (χ4n) is 2.34. The van der Waals surface area contributed by atoms with Crippen molar-refractivity contribution in [3.8, 4) is 11.3 Å². The number of furan rings is 1. The summed E-state index contributed by atoms with van der Waals surface area (Å²) in [7, 11) is 1.55. The van der Waals surface area contributed by atoms with E-state index < -0.39 is 5.54 Å². The molecule has 5 nitrogen and oxygen atoms in total. The lowest BCUT2D eigenvalue weighted by molar-refractivity contribution is 0.0704. The van der Waals surface area contributed by atoms with E-state index in [9.17, 15) is 4.79 Å². The van der Waals surface area contributed by atoms with Crippen LogP contribution in [-0.4, -0.2) is 36.9 Å². The van der Waals surface area contributed by atoms with Gasteiger partial charge in [0.05, 0.1) is 17.2 Å². The van der Waals surface area contributed by atoms with Gasteiger partial charge in [-0.3, -0.25) is 4.79 Å². The molecule has 0 saturated heterocycles. The number of rotatable bonds is 7. The third kappa shape index (κ3) is 4.34. The number of carbonyl (C=O) groups excluding carboxylic acids is 1. The molecule has 1 heterocycles. The fraction of sp³-hybridized carbons (Fsp3) is 0.353. The van der Waals surface area contributed by atoms with E-state index in [0.717, 1.165) is 5.56 Å². The Kier molecular flexibility index (Phi) is 5.82. The molecule has 0 aliphatic rings. The summed E-state index contributed by atoms with van der Waals surface area (Å²) in [5.74, 6) is 0.341. The van der Waals surface area contributed by atoms with Gasteiger partial charge in [-0.05, 0) is 37.6 Å². The summed E-state index contributed by atoms with van der Waals surface area (Å²) in [5.41, 5.74) is 0.0565. The molecular formula is C17H20ClNO4. The van der Waals surface area contributed by atoms with Crippen LogP contribution in [0.2, 0.25) is 5.02 Å². The molecule has 0 aliphatic carbocycles. The fourth-order valence-corrected chi connectivity index (χ4v) is 2.57. The van der Waals surface area contributed by atoms with E-state index in [1.165, 1.54) is 0 Å². The molecule has 2 N–H and O–H groups in total. The Balaban J connectivity index is 2.17. The second-order valence-corrected chi connectivity index (χ2v) is 5.97. The van der Waals surface area contributed by atoms with Gasteiger partial charge in [0.25, 0.3) is 5.91 Å². The van der Waals surface area contributed by atoms with Crippen LogP contribution in [-0.2, 0) is 4.74 Å². The predicted octanol–water partition coefficient (Wildman–Crippen LogP) is 3.12. The highest BCUT2D eigenvalue weighted by molar-refractivity contribution is 6.33. The molecule has 0 spiro atoms. The zero-order valence-corrected chi connectivity index (χ0v) is 13.9. The minimum atomic E-state index is -0.669. The second kappa shape index (κ2) is 7.64. The third-order valence-corrected chi connectivity index (χ3v) is 3.84. The topological polar surface area (TPSA) is 71.7 Å². The van der Waals surface area contributed by atoms with Crippen molar-refractivity contribution in [2.75, 3.05) is 20.3 Å². The van der Waals surface area contributed by atoms with Crippen molar-refractivity contribution in [1.29, 1.82) is 0 Å². The molecule has 0 aliphatic heterocycles. The van der Waals surface area contributed by atoms with Crippen LogP contribution in [0.3, 0.4) is 0 Å². The Morgan fingerprint density at radius 1 is 1.35 bits per heavy atom. The summed E-state index contributed by atoms with van der Waals surface area (Å²) in [4.78, 5) is 12.4. The van der Waals surface area contributed by atoms with Gasteiger partial charge in [-0.25, -0.2) is 0 Å². The van der Waals surface area contributed by atoms with Crippen LogP contribution in [0.4, 0.5) is 0 Å². The molecule has 1 aromatic heterocycles. The monoisotopic (exact) mass is 337 g/mol. The number of benzene rings is 1. The van der Waals surface area contributed by atoms with Crippen molar-refractivity contribution in [2.24, 2.45) is 0 Å². The molecule has 2 rings (SSSR count). The zero-order valence-electron chi connectivity index (χ0n) is 13.1. The van der Waals surface area contributed by atoms with Gasteiger partial charge in [-0.2, -0.15) is 0 Å². The van der Waals surface area contributed by atoms with Crippen LogP contribution in [0.25, 0.3) is 11.3 Å². The van der Waals surface area contributed by atoms with E-state index in [1.54, 1.807) is 25.3 Å². The smallest absolute Gasteiger partial charge is 0.287 e. The highest BCUT2D eigenvalue weighted by Crippen LogP contribution is 2.29. The molecule has 6 heteroatoms. The molecule has 0 fully saturated rings. The summed E-state index contributed by atoms with van der Waals surface area (Å²) in [6.45, 7) is 2.04. The van der Waals surface area contributed by atoms with Gasteiger partial charge in [0.1, 0.15) is 5.76 Å². The van der Waals surface area contributed by atoms with Gasteiger partial charge in [0.2, 0.25) is 0 Å². The van der Waals surface area contributed by atoms with Crippen LogP contribution >= 0.6 is 11.6 Å². The van der Waals surface area contributed by atoms with Gasteiger partial charge < -0.3 is 19.6 Å². The lowest BCUT2D eigenvalue weighted by atomic mass is 9.99. The molecule has 23 heavy (non-hydrogen) atoms. The van der Waals surface area contributed by atoms with Crippen molar-refractivity contribution in [1.82, 2.24) is 5.32 Å². The normalized spacial score (nSPS) is 13.6. The highest BCUT2D eigenvalue weighted by Gasteiger charge is 2.27. The average molecular weight is 338 g/mol. The number of amides is 1. The lowest BCUT2D eigenvalue weighted by Crippen LogP contribution is -2.49. The van der Waals surface area contributed by atoms with E-state index in [-0.39, 0.29) is 24.9 Å². The zero-order chi connectivity index (χ0) is 16.9. The molecule has 1 atom stereocenters. The molecule has 1 unspecified atom stereocenters. The van der Waals surface area contributed by atoms with E-state index in [0.29, 0.717) is 17.2 Å². The van der Waals surface area contributed by atoms with Gasteiger partial charge in [-0.1, -0.05) is 23.7 Å². The van der Waals surface area contributed by atoms with Crippen LogP contribution in [0.5, 0.6) is 0 Å². The number of carbonyl (C=O) groups is 1. The number of ether oxygens (including phenoxy) is 1. The largest absolute Gasteiger partial charge is 0.451 e. The van der Waals surface area contributed by atoms with Crippen molar-refractivity contribution in [3.05, 3.63) is 47.2 Å². The minimum Gasteiger partial charge on any atom is -0.451 e. The molecule has 1 amide bonds. The SMILES string of the molecule is COCC(C)(CCO)NC(=O)c1ccc(-c2ccccc2Cl)o1. The van der Waals surface area contributed by atoms with Gasteiger partial charge in [0.15, 0.2) is 5.76 Å². The first-order valence-electron chi connectivity index (χ1n) is 7.26. The first kappa shape index (κ1) is 17.5. The lowest BCUT2D eigenvalue weighted by Gasteiger charge is -2.28. The molecule has 0 saturated carbocycles. The van der Waals surface area contributed by atoms with Crippen LogP contribution < -0.4 is 5.32 Å². The van der Waals surface area contributed by atoms with Crippen molar-refractivity contribution in [2.45, 2.75) is 18.9 Å². The van der Waals surface area contributed by atoms with Crippen LogP contribution in [0.15, 0.2) is 40.8 Å². The van der Waals surface area contributed by atoms with Crippen LogP contribution in [0.1, 0.15) is 23.9 Å². The quantitative estimate of drug-likeness (QED) is 0.814. The minimum absolute atomic E-state index is 0.0524. The number of methoxy groups -OCH3 is 1. The van der Waals surface area contributed by atoms with E-state index in [2.05, 4.69) is 5.32 Å². The molecule has 1 aromatic carbocycles. The summed E-state index contributed by atoms with van der Waals surface area (Å²) < 4.78 is 10.7. The number of nitrogens with one attached hydrogen (secondary N) is 1. The van der Waals surface area contributed by atoms with E-state index in [1.807, 2.05) is 25.1 Å². The van der Waals surface area contributed by atoms with Gasteiger partial charge in [-0.15, -0.1) is 0 Å². The maximum Gasteiger partial charge on any atom is 0.287 e. The summed E-state index contributed by atoms with van der Waals surface area (Å²) >= 11 is 6.13. The van der Waals surface area contributed by atoms with E-state index >= 15 is 0 Å². The summed E-state index contributed by atoms with van der Waals surface area (Å²) in [6.07, 6.45) is 0.380. The highest BCUT2D eigenvalue weighted by atomic mass is 35.5. The summed E-state index contributed by atoms with van der Waals surface area (Å²) in [5, 5.41) is 12.5. The van der Waals surface area contributed by atoms with E-state index in [4.69, 9.17) is 25.9 Å². The molecule has 124 valence electrons.